The second kappa shape index (κ2) is 7.44. The van der Waals surface area contributed by atoms with Gasteiger partial charge in [0.25, 0.3) is 0 Å². The smallest absolute Gasteiger partial charge is 0.352 e. The molecule has 1 saturated heterocycles. The summed E-state index contributed by atoms with van der Waals surface area (Å²) in [5.74, 6) is 0.102. The Morgan fingerprint density at radius 1 is 1.30 bits per heavy atom. The molecule has 1 aromatic carbocycles. The molecule has 0 saturated carbocycles. The fourth-order valence-electron chi connectivity index (χ4n) is 6.12. The van der Waals surface area contributed by atoms with Crippen LogP contribution in [0.1, 0.15) is 37.8 Å². The van der Waals surface area contributed by atoms with E-state index in [2.05, 4.69) is 4.90 Å². The quantitative estimate of drug-likeness (QED) is 0.617. The maximum Gasteiger partial charge on any atom is 0.352 e. The molecule has 6 unspecified atom stereocenters. The Kier molecular flexibility index (Phi) is 5.00. The number of esters is 2. The standard InChI is InChI=1S/C24H30N2O7/c1-12(25)21(27)31-13(2)22(28)32-16-7-8-24(29)17-11-14-5-6-15(30-4)19-18(14)23(24,20(16)33-19)9-10-26(17)3/h5-7,12-13,17,20,29H,8-11,25H2,1-4H3. The second-order valence-electron chi connectivity index (χ2n) is 9.57. The van der Waals surface area contributed by atoms with Crippen molar-refractivity contribution < 1.29 is 33.6 Å². The topological polar surface area (TPSA) is 121 Å². The van der Waals surface area contributed by atoms with Gasteiger partial charge in [-0.05, 0) is 58.0 Å². The molecule has 1 fully saturated rings. The number of likely N-dealkylation sites (N-methyl/N-ethyl adjacent to an activating group) is 1. The lowest BCUT2D eigenvalue weighted by Gasteiger charge is -2.61. The van der Waals surface area contributed by atoms with Crippen LogP contribution in [0.3, 0.4) is 0 Å². The SMILES string of the molecule is COc1ccc2c3c1OC1C(OC(=O)C(C)OC(=O)C(C)N)=CCC4(O)C(C2)N(C)CCC314. The van der Waals surface area contributed by atoms with E-state index in [0.717, 1.165) is 17.7 Å². The monoisotopic (exact) mass is 458 g/mol. The van der Waals surface area contributed by atoms with Crippen molar-refractivity contribution in [1.82, 2.24) is 4.90 Å². The average molecular weight is 459 g/mol. The predicted octanol–water partition coefficient (Wildman–Crippen LogP) is 0.795. The number of benzene rings is 1. The van der Waals surface area contributed by atoms with Crippen LogP contribution < -0.4 is 15.2 Å². The molecule has 0 radical (unpaired) electrons. The highest BCUT2D eigenvalue weighted by molar-refractivity contribution is 5.82. The summed E-state index contributed by atoms with van der Waals surface area (Å²) in [4.78, 5) is 26.8. The molecule has 178 valence electrons. The van der Waals surface area contributed by atoms with Gasteiger partial charge in [-0.1, -0.05) is 6.07 Å². The van der Waals surface area contributed by atoms with Gasteiger partial charge in [0.2, 0.25) is 0 Å². The number of likely N-dealkylation sites (tertiary alicyclic amines) is 1. The summed E-state index contributed by atoms with van der Waals surface area (Å²) in [5, 5.41) is 12.2. The Morgan fingerprint density at radius 3 is 2.76 bits per heavy atom. The number of nitrogens with zero attached hydrogens (tertiary/aromatic N) is 1. The molecule has 6 atom stereocenters. The molecule has 0 amide bonds. The first-order valence-electron chi connectivity index (χ1n) is 11.3. The van der Waals surface area contributed by atoms with Gasteiger partial charge in [-0.2, -0.15) is 0 Å². The highest BCUT2D eigenvalue weighted by Gasteiger charge is 2.72. The summed E-state index contributed by atoms with van der Waals surface area (Å²) in [6, 6.07) is 2.98. The molecule has 3 N–H and O–H groups in total. The number of carbonyl (C=O) groups is 2. The number of methoxy groups -OCH3 is 1. The van der Waals surface area contributed by atoms with E-state index in [4.69, 9.17) is 24.7 Å². The maximum absolute atomic E-state index is 12.8. The largest absolute Gasteiger partial charge is 0.493 e. The van der Waals surface area contributed by atoms with Crippen LogP contribution in [0.4, 0.5) is 0 Å². The van der Waals surface area contributed by atoms with E-state index in [0.29, 0.717) is 36.5 Å². The van der Waals surface area contributed by atoms with Gasteiger partial charge in [0.05, 0.1) is 18.1 Å². The Balaban J connectivity index is 1.54. The van der Waals surface area contributed by atoms with Crippen LogP contribution in [-0.4, -0.2) is 72.5 Å². The van der Waals surface area contributed by atoms with E-state index in [1.165, 1.54) is 13.8 Å². The summed E-state index contributed by atoms with van der Waals surface area (Å²) in [5.41, 5.74) is 5.75. The number of hydrogen-bond acceptors (Lipinski definition) is 9. The number of hydrogen-bond donors (Lipinski definition) is 2. The van der Waals surface area contributed by atoms with Crippen molar-refractivity contribution in [3.63, 3.8) is 0 Å². The van der Waals surface area contributed by atoms with E-state index in [9.17, 15) is 14.7 Å². The van der Waals surface area contributed by atoms with Crippen molar-refractivity contribution in [2.24, 2.45) is 5.73 Å². The zero-order valence-electron chi connectivity index (χ0n) is 19.3. The lowest BCUT2D eigenvalue weighted by atomic mass is 9.50. The van der Waals surface area contributed by atoms with E-state index in [1.807, 2.05) is 19.2 Å². The molecule has 4 aliphatic rings. The molecule has 1 spiro atoms. The van der Waals surface area contributed by atoms with E-state index >= 15 is 0 Å². The van der Waals surface area contributed by atoms with Crippen LogP contribution in [0.5, 0.6) is 11.5 Å². The summed E-state index contributed by atoms with van der Waals surface area (Å²) in [6.07, 6.45) is 1.56. The minimum absolute atomic E-state index is 0.0939. The van der Waals surface area contributed by atoms with Gasteiger partial charge in [0, 0.05) is 18.0 Å². The minimum atomic E-state index is -1.13. The van der Waals surface area contributed by atoms with Crippen molar-refractivity contribution in [3.05, 3.63) is 35.1 Å². The Morgan fingerprint density at radius 2 is 2.06 bits per heavy atom. The Bertz CT molecular complexity index is 1050. The van der Waals surface area contributed by atoms with Crippen molar-refractivity contribution in [3.8, 4) is 11.5 Å². The molecule has 9 heteroatoms. The van der Waals surface area contributed by atoms with Gasteiger partial charge in [-0.25, -0.2) is 4.79 Å². The molecule has 1 aromatic rings. The number of aliphatic hydroxyl groups is 1. The minimum Gasteiger partial charge on any atom is -0.493 e. The molecule has 2 heterocycles. The Labute approximate surface area is 192 Å². The highest BCUT2D eigenvalue weighted by atomic mass is 16.6. The third kappa shape index (κ3) is 2.88. The molecule has 33 heavy (non-hydrogen) atoms. The molecule has 9 nitrogen and oxygen atoms in total. The van der Waals surface area contributed by atoms with Crippen LogP contribution in [0.2, 0.25) is 0 Å². The van der Waals surface area contributed by atoms with E-state index in [-0.39, 0.29) is 6.04 Å². The summed E-state index contributed by atoms with van der Waals surface area (Å²) < 4.78 is 22.9. The van der Waals surface area contributed by atoms with Gasteiger partial charge >= 0.3 is 11.9 Å². The fourth-order valence-corrected chi connectivity index (χ4v) is 6.12. The van der Waals surface area contributed by atoms with E-state index < -0.39 is 41.2 Å². The molecular weight excluding hydrogens is 428 g/mol. The van der Waals surface area contributed by atoms with Crippen molar-refractivity contribution in [2.75, 3.05) is 20.7 Å². The number of nitrogens with two attached hydrogens (primary N) is 1. The van der Waals surface area contributed by atoms with Crippen LogP contribution >= 0.6 is 0 Å². The number of ether oxygens (including phenoxy) is 4. The normalized spacial score (nSPS) is 33.2. The van der Waals surface area contributed by atoms with E-state index in [1.54, 1.807) is 13.2 Å². The molecule has 2 aliphatic heterocycles. The van der Waals surface area contributed by atoms with Crippen LogP contribution in [0.25, 0.3) is 0 Å². The first-order chi connectivity index (χ1) is 15.6. The summed E-state index contributed by atoms with van der Waals surface area (Å²) >= 11 is 0. The zero-order valence-corrected chi connectivity index (χ0v) is 19.3. The van der Waals surface area contributed by atoms with Gasteiger partial charge in [0.15, 0.2) is 23.7 Å². The molecule has 5 rings (SSSR count). The lowest BCUT2D eigenvalue weighted by Crippen LogP contribution is -2.74. The van der Waals surface area contributed by atoms with Crippen LogP contribution in [-0.2, 0) is 30.9 Å². The van der Waals surface area contributed by atoms with Gasteiger partial charge in [0.1, 0.15) is 11.8 Å². The highest BCUT2D eigenvalue weighted by Crippen LogP contribution is 2.65. The molecule has 2 aliphatic carbocycles. The number of piperidine rings is 1. The average Bonchev–Trinajstić information content (AvgIpc) is 3.13. The third-order valence-corrected chi connectivity index (χ3v) is 7.77. The zero-order chi connectivity index (χ0) is 23.7. The molecule has 2 bridgehead atoms. The predicted molar refractivity (Wildman–Crippen MR) is 117 cm³/mol. The van der Waals surface area contributed by atoms with Gasteiger partial charge in [-0.3, -0.25) is 4.79 Å². The summed E-state index contributed by atoms with van der Waals surface area (Å²) in [7, 11) is 3.61. The lowest BCUT2D eigenvalue weighted by molar-refractivity contribution is -0.175. The first kappa shape index (κ1) is 22.2. The maximum atomic E-state index is 12.8. The van der Waals surface area contributed by atoms with Crippen molar-refractivity contribution in [2.45, 2.75) is 68.4 Å². The van der Waals surface area contributed by atoms with Gasteiger partial charge < -0.3 is 34.7 Å². The number of rotatable bonds is 5. The summed E-state index contributed by atoms with van der Waals surface area (Å²) in [6.45, 7) is 3.70. The second-order valence-corrected chi connectivity index (χ2v) is 9.57. The van der Waals surface area contributed by atoms with Crippen LogP contribution in [0, 0.1) is 0 Å². The Hall–Kier alpha value is -2.62. The number of carbonyl (C=O) groups excluding carboxylic acids is 2. The fraction of sp³-hybridized carbons (Fsp3) is 0.583. The van der Waals surface area contributed by atoms with Crippen LogP contribution in [0.15, 0.2) is 24.0 Å². The van der Waals surface area contributed by atoms with Crippen molar-refractivity contribution in [1.29, 1.82) is 0 Å². The third-order valence-electron chi connectivity index (χ3n) is 7.77. The first-order valence-corrected chi connectivity index (χ1v) is 11.3. The molecule has 0 aromatic heterocycles. The van der Waals surface area contributed by atoms with Crippen molar-refractivity contribution >= 4 is 11.9 Å². The molecular formula is C24H30N2O7. The van der Waals surface area contributed by atoms with Gasteiger partial charge in [-0.15, -0.1) is 0 Å².